The minimum absolute atomic E-state index is 0.733. The maximum Gasteiger partial charge on any atom is 0.124 e. The van der Waals surface area contributed by atoms with Gasteiger partial charge in [0.2, 0.25) is 0 Å². The number of hydrogen-bond acceptors (Lipinski definition) is 5. The summed E-state index contributed by atoms with van der Waals surface area (Å²) in [4.78, 5) is 6.01. The standard InChI is InChI=1S/C21H18N4S/c22-16-7-1-13(2-8-16)19-20(14-3-9-17(23)10-4-14)26-21(25-19)15-5-11-18(24)12-6-15/h1-12H,22-24H2. The van der Waals surface area contributed by atoms with Crippen LogP contribution >= 0.6 is 11.3 Å². The van der Waals surface area contributed by atoms with Crippen molar-refractivity contribution in [3.05, 3.63) is 72.8 Å². The molecule has 0 unspecified atom stereocenters. The summed E-state index contributed by atoms with van der Waals surface area (Å²) < 4.78 is 0. The lowest BCUT2D eigenvalue weighted by Gasteiger charge is -2.04. The molecule has 4 rings (SSSR count). The highest BCUT2D eigenvalue weighted by atomic mass is 32.1. The summed E-state index contributed by atoms with van der Waals surface area (Å²) in [6.07, 6.45) is 0. The molecular weight excluding hydrogens is 340 g/mol. The number of rotatable bonds is 3. The van der Waals surface area contributed by atoms with Crippen molar-refractivity contribution >= 4 is 28.4 Å². The van der Waals surface area contributed by atoms with E-state index in [1.807, 2.05) is 72.8 Å². The van der Waals surface area contributed by atoms with E-state index in [9.17, 15) is 0 Å². The number of nitrogen functional groups attached to an aromatic ring is 3. The Balaban J connectivity index is 1.88. The van der Waals surface area contributed by atoms with Crippen molar-refractivity contribution in [2.24, 2.45) is 0 Å². The molecule has 26 heavy (non-hydrogen) atoms. The van der Waals surface area contributed by atoms with Crippen LogP contribution in [0.4, 0.5) is 17.1 Å². The third-order valence-electron chi connectivity index (χ3n) is 4.14. The fourth-order valence-corrected chi connectivity index (χ4v) is 3.83. The Bertz CT molecular complexity index is 970. The number of benzene rings is 3. The van der Waals surface area contributed by atoms with Crippen LogP contribution in [0.5, 0.6) is 0 Å². The van der Waals surface area contributed by atoms with Crippen molar-refractivity contribution in [3.63, 3.8) is 0 Å². The third-order valence-corrected chi connectivity index (χ3v) is 5.30. The van der Waals surface area contributed by atoms with Crippen LogP contribution in [0.2, 0.25) is 0 Å². The van der Waals surface area contributed by atoms with Crippen LogP contribution in [0.1, 0.15) is 0 Å². The van der Waals surface area contributed by atoms with Gasteiger partial charge in [-0.3, -0.25) is 0 Å². The highest BCUT2D eigenvalue weighted by Gasteiger charge is 2.16. The Morgan fingerprint density at radius 3 is 1.46 bits per heavy atom. The second-order valence-corrected chi connectivity index (χ2v) is 7.06. The average Bonchev–Trinajstić information content (AvgIpc) is 3.09. The van der Waals surface area contributed by atoms with Crippen LogP contribution in [-0.4, -0.2) is 4.98 Å². The van der Waals surface area contributed by atoms with Crippen molar-refractivity contribution in [2.45, 2.75) is 0 Å². The molecule has 0 aliphatic rings. The van der Waals surface area contributed by atoms with E-state index in [0.29, 0.717) is 0 Å². The van der Waals surface area contributed by atoms with Crippen LogP contribution in [-0.2, 0) is 0 Å². The van der Waals surface area contributed by atoms with Gasteiger partial charge in [-0.1, -0.05) is 24.3 Å². The molecule has 5 heteroatoms. The summed E-state index contributed by atoms with van der Waals surface area (Å²) in [5, 5.41) is 0.948. The van der Waals surface area contributed by atoms with Crippen LogP contribution in [0.15, 0.2) is 72.8 Å². The first-order valence-electron chi connectivity index (χ1n) is 8.19. The molecule has 0 aliphatic heterocycles. The number of hydrogen-bond donors (Lipinski definition) is 3. The fraction of sp³-hybridized carbons (Fsp3) is 0. The zero-order valence-electron chi connectivity index (χ0n) is 14.0. The summed E-state index contributed by atoms with van der Waals surface area (Å²) >= 11 is 1.65. The van der Waals surface area contributed by atoms with E-state index in [-0.39, 0.29) is 0 Å². The highest BCUT2D eigenvalue weighted by molar-refractivity contribution is 7.19. The first-order chi connectivity index (χ1) is 12.6. The van der Waals surface area contributed by atoms with E-state index in [2.05, 4.69) is 0 Å². The molecule has 0 radical (unpaired) electrons. The van der Waals surface area contributed by atoms with Crippen LogP contribution in [0.25, 0.3) is 32.3 Å². The van der Waals surface area contributed by atoms with Gasteiger partial charge in [-0.05, 0) is 54.1 Å². The number of anilines is 3. The lowest BCUT2D eigenvalue weighted by Crippen LogP contribution is -1.87. The molecule has 128 valence electrons. The number of nitrogens with two attached hydrogens (primary N) is 3. The fourth-order valence-electron chi connectivity index (χ4n) is 2.74. The Hall–Kier alpha value is -3.31. The predicted molar refractivity (Wildman–Crippen MR) is 112 cm³/mol. The van der Waals surface area contributed by atoms with Crippen molar-refractivity contribution in [1.29, 1.82) is 0 Å². The largest absolute Gasteiger partial charge is 0.399 e. The van der Waals surface area contributed by atoms with Gasteiger partial charge in [0, 0.05) is 28.2 Å². The SMILES string of the molecule is Nc1ccc(-c2nc(-c3ccc(N)cc3)c(-c3ccc(N)cc3)s2)cc1. The second-order valence-electron chi connectivity index (χ2n) is 6.06. The van der Waals surface area contributed by atoms with Crippen molar-refractivity contribution in [2.75, 3.05) is 17.2 Å². The quantitative estimate of drug-likeness (QED) is 0.455. The van der Waals surface area contributed by atoms with Crippen LogP contribution in [0, 0.1) is 0 Å². The summed E-state index contributed by atoms with van der Waals surface area (Å²) in [6, 6.07) is 23.4. The van der Waals surface area contributed by atoms with E-state index in [0.717, 1.165) is 49.3 Å². The predicted octanol–water partition coefficient (Wildman–Crippen LogP) is 4.89. The van der Waals surface area contributed by atoms with E-state index in [1.54, 1.807) is 11.3 Å². The molecule has 4 nitrogen and oxygen atoms in total. The van der Waals surface area contributed by atoms with E-state index >= 15 is 0 Å². The van der Waals surface area contributed by atoms with Crippen LogP contribution < -0.4 is 17.2 Å². The summed E-state index contributed by atoms with van der Waals surface area (Å²) in [6.45, 7) is 0. The summed E-state index contributed by atoms with van der Waals surface area (Å²) in [5.74, 6) is 0. The lowest BCUT2D eigenvalue weighted by atomic mass is 10.1. The van der Waals surface area contributed by atoms with Gasteiger partial charge in [0.1, 0.15) is 5.01 Å². The molecule has 0 amide bonds. The van der Waals surface area contributed by atoms with E-state index < -0.39 is 0 Å². The molecule has 0 fully saturated rings. The lowest BCUT2D eigenvalue weighted by molar-refractivity contribution is 1.40. The van der Waals surface area contributed by atoms with E-state index in [1.165, 1.54) is 0 Å². The van der Waals surface area contributed by atoms with Gasteiger partial charge in [-0.15, -0.1) is 11.3 Å². The smallest absolute Gasteiger partial charge is 0.124 e. The topological polar surface area (TPSA) is 90.9 Å². The van der Waals surface area contributed by atoms with Gasteiger partial charge in [0.15, 0.2) is 0 Å². The molecular formula is C21H18N4S. The van der Waals surface area contributed by atoms with Gasteiger partial charge >= 0.3 is 0 Å². The Kier molecular flexibility index (Phi) is 4.07. The number of thiazole rings is 1. The summed E-state index contributed by atoms with van der Waals surface area (Å²) in [7, 11) is 0. The summed E-state index contributed by atoms with van der Waals surface area (Å²) in [5.41, 5.74) is 23.8. The molecule has 1 aromatic heterocycles. The maximum absolute atomic E-state index is 5.84. The molecule has 0 saturated heterocycles. The first kappa shape index (κ1) is 16.2. The maximum atomic E-state index is 5.84. The van der Waals surface area contributed by atoms with Gasteiger partial charge in [0.25, 0.3) is 0 Å². The number of aromatic nitrogens is 1. The minimum atomic E-state index is 0.733. The minimum Gasteiger partial charge on any atom is -0.399 e. The Labute approximate surface area is 155 Å². The zero-order valence-corrected chi connectivity index (χ0v) is 14.8. The van der Waals surface area contributed by atoms with E-state index in [4.69, 9.17) is 22.2 Å². The zero-order chi connectivity index (χ0) is 18.1. The molecule has 0 aliphatic carbocycles. The Morgan fingerprint density at radius 1 is 0.538 bits per heavy atom. The second kappa shape index (κ2) is 6.54. The molecule has 0 saturated carbocycles. The molecule has 4 aromatic rings. The third kappa shape index (κ3) is 3.12. The molecule has 6 N–H and O–H groups in total. The molecule has 3 aromatic carbocycles. The molecule has 0 atom stereocenters. The normalized spacial score (nSPS) is 10.8. The average molecular weight is 358 g/mol. The van der Waals surface area contributed by atoms with Crippen LogP contribution in [0.3, 0.4) is 0 Å². The van der Waals surface area contributed by atoms with Gasteiger partial charge in [-0.2, -0.15) is 0 Å². The Morgan fingerprint density at radius 2 is 0.962 bits per heavy atom. The monoisotopic (exact) mass is 358 g/mol. The highest BCUT2D eigenvalue weighted by Crippen LogP contribution is 2.41. The van der Waals surface area contributed by atoms with Crippen molar-refractivity contribution < 1.29 is 0 Å². The van der Waals surface area contributed by atoms with Crippen molar-refractivity contribution in [1.82, 2.24) is 4.98 Å². The molecule has 0 spiro atoms. The van der Waals surface area contributed by atoms with Gasteiger partial charge < -0.3 is 17.2 Å². The number of nitrogens with zero attached hydrogens (tertiary/aromatic N) is 1. The van der Waals surface area contributed by atoms with Gasteiger partial charge in [0.05, 0.1) is 10.6 Å². The van der Waals surface area contributed by atoms with Crippen molar-refractivity contribution in [3.8, 4) is 32.3 Å². The molecule has 1 heterocycles. The van der Waals surface area contributed by atoms with Gasteiger partial charge in [-0.25, -0.2) is 4.98 Å². The first-order valence-corrected chi connectivity index (χ1v) is 9.00. The molecule has 0 bridgehead atoms.